The second-order valence-electron chi connectivity index (χ2n) is 11.4. The van der Waals surface area contributed by atoms with Crippen molar-refractivity contribution in [2.45, 2.75) is 71.0 Å². The monoisotopic (exact) mass is 500 g/mol. The summed E-state index contributed by atoms with van der Waals surface area (Å²) in [6, 6.07) is 16.7. The SMILES string of the molecule is Cc1ccc(COc2cc(C(O)/C=C/c3ccc(C(=O)O)c(O)c3)cc3c2C(C)(C)CCC3(C)C)cc1. The highest BCUT2D eigenvalue weighted by Crippen LogP contribution is 2.50. The first-order valence-electron chi connectivity index (χ1n) is 12.7. The Labute approximate surface area is 219 Å². The van der Waals surface area contributed by atoms with E-state index in [0.717, 1.165) is 29.7 Å². The highest BCUT2D eigenvalue weighted by Gasteiger charge is 2.40. The number of ether oxygens (including phenoxy) is 1. The number of aliphatic hydroxyl groups excluding tert-OH is 1. The van der Waals surface area contributed by atoms with Gasteiger partial charge < -0.3 is 20.1 Å². The number of aliphatic hydroxyl groups is 1. The van der Waals surface area contributed by atoms with Crippen molar-refractivity contribution < 1.29 is 24.9 Å². The van der Waals surface area contributed by atoms with E-state index in [1.807, 2.05) is 6.07 Å². The molecule has 0 aliphatic heterocycles. The van der Waals surface area contributed by atoms with Gasteiger partial charge in [-0.1, -0.05) is 81.8 Å². The smallest absolute Gasteiger partial charge is 0.339 e. The number of aromatic hydroxyl groups is 1. The summed E-state index contributed by atoms with van der Waals surface area (Å²) in [4.78, 5) is 11.2. The average Bonchev–Trinajstić information content (AvgIpc) is 2.84. The number of aryl methyl sites for hydroxylation is 1. The molecule has 5 nitrogen and oxygen atoms in total. The fraction of sp³-hybridized carbons (Fsp3) is 0.344. The molecule has 0 saturated carbocycles. The molecule has 3 N–H and O–H groups in total. The van der Waals surface area contributed by atoms with Gasteiger partial charge in [-0.05, 0) is 71.0 Å². The van der Waals surface area contributed by atoms with Crippen LogP contribution >= 0.6 is 0 Å². The third-order valence-corrected chi connectivity index (χ3v) is 7.49. The summed E-state index contributed by atoms with van der Waals surface area (Å²) in [6.07, 6.45) is 4.49. The van der Waals surface area contributed by atoms with E-state index in [0.29, 0.717) is 12.2 Å². The zero-order chi connectivity index (χ0) is 27.0. The quantitative estimate of drug-likeness (QED) is 0.323. The number of aromatic carboxylic acids is 1. The predicted molar refractivity (Wildman–Crippen MR) is 146 cm³/mol. The molecule has 1 aliphatic carbocycles. The number of rotatable bonds is 7. The van der Waals surface area contributed by atoms with Crippen LogP contribution in [0.1, 0.15) is 90.4 Å². The van der Waals surface area contributed by atoms with E-state index in [9.17, 15) is 15.0 Å². The summed E-state index contributed by atoms with van der Waals surface area (Å²) in [7, 11) is 0. The summed E-state index contributed by atoms with van der Waals surface area (Å²) in [5.74, 6) is -0.707. The summed E-state index contributed by atoms with van der Waals surface area (Å²) in [5, 5.41) is 30.3. The number of benzene rings is 3. The van der Waals surface area contributed by atoms with Gasteiger partial charge in [0.1, 0.15) is 23.7 Å². The lowest BCUT2D eigenvalue weighted by Crippen LogP contribution is -2.34. The van der Waals surface area contributed by atoms with Crippen LogP contribution in [-0.2, 0) is 17.4 Å². The van der Waals surface area contributed by atoms with Crippen LogP contribution in [0.3, 0.4) is 0 Å². The molecule has 0 aromatic heterocycles. The first kappa shape index (κ1) is 26.5. The van der Waals surface area contributed by atoms with Gasteiger partial charge in [0.05, 0.1) is 6.10 Å². The van der Waals surface area contributed by atoms with Crippen molar-refractivity contribution in [1.82, 2.24) is 0 Å². The van der Waals surface area contributed by atoms with Gasteiger partial charge in [0.25, 0.3) is 0 Å². The maximum absolute atomic E-state index is 11.2. The maximum atomic E-state index is 11.2. The molecule has 194 valence electrons. The molecule has 1 unspecified atom stereocenters. The van der Waals surface area contributed by atoms with E-state index in [1.165, 1.54) is 28.8 Å². The van der Waals surface area contributed by atoms with Crippen molar-refractivity contribution in [3.05, 3.63) is 99.6 Å². The third kappa shape index (κ3) is 5.72. The highest BCUT2D eigenvalue weighted by molar-refractivity contribution is 5.91. The minimum atomic E-state index is -1.19. The molecule has 3 aromatic rings. The minimum Gasteiger partial charge on any atom is -0.507 e. The van der Waals surface area contributed by atoms with Gasteiger partial charge in [-0.15, -0.1) is 0 Å². The Bertz CT molecular complexity index is 1330. The van der Waals surface area contributed by atoms with Crippen molar-refractivity contribution in [2.75, 3.05) is 0 Å². The molecule has 0 spiro atoms. The molecule has 0 saturated heterocycles. The van der Waals surface area contributed by atoms with Crippen LogP contribution in [0, 0.1) is 6.92 Å². The van der Waals surface area contributed by atoms with Gasteiger partial charge in [0.15, 0.2) is 0 Å². The van der Waals surface area contributed by atoms with Crippen LogP contribution < -0.4 is 4.74 Å². The number of hydrogen-bond acceptors (Lipinski definition) is 4. The summed E-state index contributed by atoms with van der Waals surface area (Å²) in [5.41, 5.74) is 5.71. The standard InChI is InChI=1S/C32H36O5/c1-20-6-8-22(9-7-20)19-37-28-18-23(17-25-29(28)32(4,5)15-14-31(25,2)3)26(33)13-11-21-10-12-24(30(35)36)27(34)16-21/h6-13,16-18,26,33-34H,14-15,19H2,1-5H3,(H,35,36)/b13-11+. The van der Waals surface area contributed by atoms with Gasteiger partial charge in [0, 0.05) is 5.56 Å². The number of fused-ring (bicyclic) bond motifs is 1. The fourth-order valence-electron chi connectivity index (χ4n) is 5.03. The van der Waals surface area contributed by atoms with Gasteiger partial charge in [-0.25, -0.2) is 4.79 Å². The Balaban J connectivity index is 1.70. The number of hydrogen-bond donors (Lipinski definition) is 3. The summed E-state index contributed by atoms with van der Waals surface area (Å²) >= 11 is 0. The third-order valence-electron chi connectivity index (χ3n) is 7.49. The average molecular weight is 501 g/mol. The second kappa shape index (κ2) is 10.1. The highest BCUT2D eigenvalue weighted by atomic mass is 16.5. The Morgan fingerprint density at radius 3 is 2.32 bits per heavy atom. The molecule has 0 heterocycles. The second-order valence-corrected chi connectivity index (χ2v) is 11.4. The molecular weight excluding hydrogens is 464 g/mol. The number of carbonyl (C=O) groups is 1. The van der Waals surface area contributed by atoms with Crippen LogP contribution in [0.15, 0.2) is 60.7 Å². The summed E-state index contributed by atoms with van der Waals surface area (Å²) in [6.45, 7) is 11.5. The largest absolute Gasteiger partial charge is 0.507 e. The number of phenols is 1. The van der Waals surface area contributed by atoms with E-state index in [4.69, 9.17) is 9.84 Å². The first-order valence-corrected chi connectivity index (χ1v) is 12.7. The van der Waals surface area contributed by atoms with E-state index < -0.39 is 12.1 Å². The minimum absolute atomic E-state index is 0.0593. The zero-order valence-electron chi connectivity index (χ0n) is 22.2. The van der Waals surface area contributed by atoms with Gasteiger partial charge in [-0.3, -0.25) is 0 Å². The van der Waals surface area contributed by atoms with Crippen LogP contribution in [-0.4, -0.2) is 21.3 Å². The van der Waals surface area contributed by atoms with E-state index in [-0.39, 0.29) is 22.1 Å². The van der Waals surface area contributed by atoms with Crippen molar-refractivity contribution in [3.63, 3.8) is 0 Å². The lowest BCUT2D eigenvalue weighted by molar-refractivity contribution is 0.0693. The van der Waals surface area contributed by atoms with E-state index in [1.54, 1.807) is 18.2 Å². The molecule has 37 heavy (non-hydrogen) atoms. The Hall–Kier alpha value is -3.57. The lowest BCUT2D eigenvalue weighted by atomic mass is 9.62. The van der Waals surface area contributed by atoms with Crippen molar-refractivity contribution in [1.29, 1.82) is 0 Å². The molecule has 3 aromatic carbocycles. The lowest BCUT2D eigenvalue weighted by Gasteiger charge is -2.43. The first-order chi connectivity index (χ1) is 17.4. The van der Waals surface area contributed by atoms with Crippen LogP contribution in [0.25, 0.3) is 6.08 Å². The van der Waals surface area contributed by atoms with Crippen molar-refractivity contribution >= 4 is 12.0 Å². The van der Waals surface area contributed by atoms with Crippen LogP contribution in [0.4, 0.5) is 0 Å². The van der Waals surface area contributed by atoms with Crippen LogP contribution in [0.5, 0.6) is 11.5 Å². The zero-order valence-corrected chi connectivity index (χ0v) is 22.2. The molecule has 5 heteroatoms. The van der Waals surface area contributed by atoms with Crippen LogP contribution in [0.2, 0.25) is 0 Å². The summed E-state index contributed by atoms with van der Waals surface area (Å²) < 4.78 is 6.44. The topological polar surface area (TPSA) is 87.0 Å². The number of carboxylic acid groups (broad SMARTS) is 1. The molecule has 0 bridgehead atoms. The van der Waals surface area contributed by atoms with Gasteiger partial charge in [-0.2, -0.15) is 0 Å². The van der Waals surface area contributed by atoms with E-state index >= 15 is 0 Å². The Morgan fingerprint density at radius 2 is 1.68 bits per heavy atom. The molecule has 0 fully saturated rings. The molecule has 0 radical (unpaired) electrons. The Morgan fingerprint density at radius 1 is 1.00 bits per heavy atom. The van der Waals surface area contributed by atoms with Crippen molar-refractivity contribution in [3.8, 4) is 11.5 Å². The molecule has 0 amide bonds. The molecular formula is C32H36O5. The maximum Gasteiger partial charge on any atom is 0.339 e. The number of carboxylic acids is 1. The molecule has 1 aliphatic rings. The Kier molecular flexibility index (Phi) is 7.20. The van der Waals surface area contributed by atoms with Gasteiger partial charge in [0.2, 0.25) is 0 Å². The predicted octanol–water partition coefficient (Wildman–Crippen LogP) is 7.07. The molecule has 4 rings (SSSR count). The van der Waals surface area contributed by atoms with Gasteiger partial charge >= 0.3 is 5.97 Å². The van der Waals surface area contributed by atoms with E-state index in [2.05, 4.69) is 65.0 Å². The fourth-order valence-corrected chi connectivity index (χ4v) is 5.03. The van der Waals surface area contributed by atoms with Crippen molar-refractivity contribution in [2.24, 2.45) is 0 Å². The normalized spacial score (nSPS) is 16.8. The molecule has 1 atom stereocenters.